The molecule has 0 bridgehead atoms. The molecule has 2 N–H and O–H groups in total. The van der Waals surface area contributed by atoms with Crippen molar-refractivity contribution in [2.45, 2.75) is 52.9 Å². The number of hydrogen-bond acceptors (Lipinski definition) is 5. The molecule has 7 heteroatoms. The van der Waals surface area contributed by atoms with Gasteiger partial charge in [0.1, 0.15) is 5.82 Å². The summed E-state index contributed by atoms with van der Waals surface area (Å²) in [5, 5.41) is 4.18. The number of nitrogens with zero attached hydrogens (tertiary/aromatic N) is 4. The number of carbonyl (C=O) groups excluding carboxylic acids is 1. The minimum absolute atomic E-state index is 0.109. The average molecular weight is 561 g/mol. The highest BCUT2D eigenvalue weighted by Crippen LogP contribution is 2.18. The minimum Gasteiger partial charge on any atom is -0.348 e. The lowest BCUT2D eigenvalue weighted by Gasteiger charge is -2.22. The van der Waals surface area contributed by atoms with Crippen molar-refractivity contribution in [1.82, 2.24) is 24.8 Å². The van der Waals surface area contributed by atoms with E-state index in [1.54, 1.807) is 6.20 Å². The van der Waals surface area contributed by atoms with Crippen molar-refractivity contribution in [1.29, 1.82) is 0 Å². The molecule has 5 aromatic rings. The summed E-state index contributed by atoms with van der Waals surface area (Å²) in [7, 11) is 0. The molecule has 7 nitrogen and oxygen atoms in total. The fraction of sp³-hybridized carbons (Fsp3) is 0.286. The number of carbonyl (C=O) groups is 1. The van der Waals surface area contributed by atoms with Gasteiger partial charge in [0.2, 0.25) is 0 Å². The maximum absolute atomic E-state index is 13.0. The fourth-order valence-corrected chi connectivity index (χ4v) is 5.30. The standard InChI is InChI=1S/C35H40N6O/c1-3-19-40(20-4-2)23-28-11-15-32(16-12-28)39-35(42)30-13-9-27(10-14-30)24-41(26-34-36-17-18-37-34)25-29-21-31-7-5-6-8-33(31)38-22-29/h5-18,21-22H,3-4,19-20,23-26H2,1-2H3,(H,36,37)(H,39,42). The summed E-state index contributed by atoms with van der Waals surface area (Å²) < 4.78 is 0. The number of rotatable bonds is 14. The Morgan fingerprint density at radius 2 is 1.43 bits per heavy atom. The van der Waals surface area contributed by atoms with Crippen molar-refractivity contribution in [3.8, 4) is 0 Å². The summed E-state index contributed by atoms with van der Waals surface area (Å²) in [6.07, 6.45) is 7.87. The Balaban J connectivity index is 1.21. The number of pyridine rings is 1. The van der Waals surface area contributed by atoms with Crippen LogP contribution in [0.2, 0.25) is 0 Å². The number of imidazole rings is 1. The molecule has 2 aromatic heterocycles. The number of H-pyrrole nitrogens is 1. The van der Waals surface area contributed by atoms with Gasteiger partial charge in [0.25, 0.3) is 5.91 Å². The summed E-state index contributed by atoms with van der Waals surface area (Å²) in [5.74, 6) is 0.803. The molecule has 42 heavy (non-hydrogen) atoms. The number of aromatic amines is 1. The van der Waals surface area contributed by atoms with Crippen LogP contribution in [-0.4, -0.2) is 43.7 Å². The van der Waals surface area contributed by atoms with Crippen LogP contribution in [0.4, 0.5) is 5.69 Å². The van der Waals surface area contributed by atoms with Gasteiger partial charge in [0.15, 0.2) is 0 Å². The molecule has 0 atom stereocenters. The number of para-hydroxylation sites is 1. The van der Waals surface area contributed by atoms with E-state index in [9.17, 15) is 4.79 Å². The minimum atomic E-state index is -0.109. The topological polar surface area (TPSA) is 77.2 Å². The Morgan fingerprint density at radius 1 is 0.762 bits per heavy atom. The average Bonchev–Trinajstić information content (AvgIpc) is 3.52. The summed E-state index contributed by atoms with van der Waals surface area (Å²) in [6.45, 7) is 9.68. The zero-order valence-electron chi connectivity index (χ0n) is 24.6. The molecule has 0 aliphatic rings. The van der Waals surface area contributed by atoms with Gasteiger partial charge in [-0.25, -0.2) is 4.98 Å². The third-order valence-electron chi connectivity index (χ3n) is 7.30. The summed E-state index contributed by atoms with van der Waals surface area (Å²) in [6, 6.07) is 26.4. The van der Waals surface area contributed by atoms with Crippen LogP contribution in [0.3, 0.4) is 0 Å². The van der Waals surface area contributed by atoms with Crippen molar-refractivity contribution in [2.75, 3.05) is 18.4 Å². The van der Waals surface area contributed by atoms with Crippen LogP contribution in [0.15, 0.2) is 97.5 Å². The van der Waals surface area contributed by atoms with Crippen LogP contribution < -0.4 is 5.32 Å². The predicted molar refractivity (Wildman–Crippen MR) is 170 cm³/mol. The third kappa shape index (κ3) is 8.12. The van der Waals surface area contributed by atoms with Crippen molar-refractivity contribution in [2.24, 2.45) is 0 Å². The van der Waals surface area contributed by atoms with Crippen molar-refractivity contribution in [3.05, 3.63) is 126 Å². The molecule has 0 radical (unpaired) electrons. The zero-order chi connectivity index (χ0) is 29.1. The van der Waals surface area contributed by atoms with Gasteiger partial charge >= 0.3 is 0 Å². The number of amides is 1. The Kier molecular flexibility index (Phi) is 10.1. The van der Waals surface area contributed by atoms with Gasteiger partial charge in [-0.2, -0.15) is 0 Å². The molecular weight excluding hydrogens is 520 g/mol. The van der Waals surface area contributed by atoms with Gasteiger partial charge in [0, 0.05) is 54.9 Å². The first kappa shape index (κ1) is 29.2. The second-order valence-electron chi connectivity index (χ2n) is 10.8. The maximum atomic E-state index is 13.0. The second-order valence-corrected chi connectivity index (χ2v) is 10.8. The smallest absolute Gasteiger partial charge is 0.255 e. The molecule has 0 aliphatic heterocycles. The number of fused-ring (bicyclic) bond motifs is 1. The molecule has 216 valence electrons. The van der Waals surface area contributed by atoms with Gasteiger partial charge in [-0.1, -0.05) is 56.3 Å². The fourth-order valence-electron chi connectivity index (χ4n) is 5.30. The number of anilines is 1. The molecular formula is C35H40N6O. The van der Waals surface area contributed by atoms with Crippen molar-refractivity contribution >= 4 is 22.5 Å². The van der Waals surface area contributed by atoms with E-state index in [4.69, 9.17) is 0 Å². The monoisotopic (exact) mass is 560 g/mol. The van der Waals surface area contributed by atoms with E-state index >= 15 is 0 Å². The molecule has 5 rings (SSSR count). The lowest BCUT2D eigenvalue weighted by atomic mass is 10.1. The third-order valence-corrected chi connectivity index (χ3v) is 7.30. The van der Waals surface area contributed by atoms with E-state index in [0.717, 1.165) is 72.6 Å². The first-order valence-corrected chi connectivity index (χ1v) is 14.9. The van der Waals surface area contributed by atoms with E-state index in [2.05, 4.69) is 68.2 Å². The molecule has 0 saturated heterocycles. The summed E-state index contributed by atoms with van der Waals surface area (Å²) in [4.78, 5) is 30.1. The van der Waals surface area contributed by atoms with E-state index in [1.807, 2.05) is 67.0 Å². The van der Waals surface area contributed by atoms with Crippen LogP contribution in [0, 0.1) is 0 Å². The first-order valence-electron chi connectivity index (χ1n) is 14.9. The highest BCUT2D eigenvalue weighted by atomic mass is 16.1. The number of nitrogens with one attached hydrogen (secondary N) is 2. The Morgan fingerprint density at radius 3 is 2.12 bits per heavy atom. The Hall–Kier alpha value is -4.33. The number of benzene rings is 3. The Bertz CT molecular complexity index is 1540. The normalized spacial score (nSPS) is 11.4. The van der Waals surface area contributed by atoms with Crippen LogP contribution in [-0.2, 0) is 26.2 Å². The van der Waals surface area contributed by atoms with Crippen LogP contribution in [0.1, 0.15) is 59.6 Å². The van der Waals surface area contributed by atoms with Crippen molar-refractivity contribution in [3.63, 3.8) is 0 Å². The van der Waals surface area contributed by atoms with E-state index in [-0.39, 0.29) is 5.91 Å². The molecule has 3 aromatic carbocycles. The highest BCUT2D eigenvalue weighted by molar-refractivity contribution is 6.04. The van der Waals surface area contributed by atoms with Gasteiger partial charge < -0.3 is 10.3 Å². The number of hydrogen-bond donors (Lipinski definition) is 2. The largest absolute Gasteiger partial charge is 0.348 e. The molecule has 0 spiro atoms. The van der Waals surface area contributed by atoms with Gasteiger partial charge in [-0.3, -0.25) is 19.6 Å². The highest BCUT2D eigenvalue weighted by Gasteiger charge is 2.13. The van der Waals surface area contributed by atoms with Gasteiger partial charge in [-0.05, 0) is 79.0 Å². The molecule has 0 fully saturated rings. The number of aromatic nitrogens is 3. The van der Waals surface area contributed by atoms with E-state index in [1.165, 1.54) is 5.56 Å². The quantitative estimate of drug-likeness (QED) is 0.152. The zero-order valence-corrected chi connectivity index (χ0v) is 24.6. The molecule has 0 unspecified atom stereocenters. The van der Waals surface area contributed by atoms with Crippen LogP contribution in [0.25, 0.3) is 10.9 Å². The van der Waals surface area contributed by atoms with E-state index < -0.39 is 0 Å². The van der Waals surface area contributed by atoms with E-state index in [0.29, 0.717) is 18.7 Å². The van der Waals surface area contributed by atoms with Crippen molar-refractivity contribution < 1.29 is 4.79 Å². The summed E-state index contributed by atoms with van der Waals surface area (Å²) in [5.41, 5.74) is 5.97. The Labute approximate surface area is 248 Å². The molecule has 0 aliphatic carbocycles. The van der Waals surface area contributed by atoms with Gasteiger partial charge in [-0.15, -0.1) is 0 Å². The van der Waals surface area contributed by atoms with Crippen LogP contribution >= 0.6 is 0 Å². The van der Waals surface area contributed by atoms with Gasteiger partial charge in [0.05, 0.1) is 12.1 Å². The van der Waals surface area contributed by atoms with Crippen LogP contribution in [0.5, 0.6) is 0 Å². The SMILES string of the molecule is CCCN(CCC)Cc1ccc(NC(=O)c2ccc(CN(Cc3cnc4ccccc4c3)Cc3ncc[nH]3)cc2)cc1. The lowest BCUT2D eigenvalue weighted by Crippen LogP contribution is -2.24. The lowest BCUT2D eigenvalue weighted by molar-refractivity contribution is 0.102. The maximum Gasteiger partial charge on any atom is 0.255 e. The second kappa shape index (κ2) is 14.5. The molecule has 1 amide bonds. The predicted octanol–water partition coefficient (Wildman–Crippen LogP) is 7.03. The first-order chi connectivity index (χ1) is 20.6. The molecule has 2 heterocycles. The molecule has 0 saturated carbocycles. The summed E-state index contributed by atoms with van der Waals surface area (Å²) >= 11 is 0.